The van der Waals surface area contributed by atoms with Crippen molar-refractivity contribution in [2.24, 2.45) is 0 Å². The van der Waals surface area contributed by atoms with Gasteiger partial charge >= 0.3 is 0 Å². The molecule has 1 N–H and O–H groups in total. The van der Waals surface area contributed by atoms with E-state index in [1.807, 2.05) is 0 Å². The summed E-state index contributed by atoms with van der Waals surface area (Å²) in [5.74, 6) is 0. The molecule has 0 atom stereocenters. The highest BCUT2D eigenvalue weighted by Crippen LogP contribution is 1.83. The molecule has 4 nitrogen and oxygen atoms in total. The number of hydrogen-bond donors (Lipinski definition) is 1. The van der Waals surface area contributed by atoms with Crippen LogP contribution in [0, 0.1) is 0 Å². The number of hydrogen-bond acceptors (Lipinski definition) is 3. The summed E-state index contributed by atoms with van der Waals surface area (Å²) in [7, 11) is 4.13. The molecule has 0 aromatic rings. The van der Waals surface area contributed by atoms with E-state index in [1.165, 1.54) is 0 Å². The Morgan fingerprint density at radius 3 is 2.21 bits per heavy atom. The minimum absolute atomic E-state index is 0.884. The first-order chi connectivity index (χ1) is 6.70. The summed E-state index contributed by atoms with van der Waals surface area (Å²) < 4.78 is 0. The molecule has 1 radical (unpaired) electrons. The third-order valence-electron chi connectivity index (χ3n) is 2.21. The van der Waals surface area contributed by atoms with Gasteiger partial charge in [0, 0.05) is 26.2 Å². The Bertz CT molecular complexity index is 113. The molecule has 0 rings (SSSR count). The quantitative estimate of drug-likeness (QED) is 0.421. The first-order valence-electron chi connectivity index (χ1n) is 5.47. The van der Waals surface area contributed by atoms with Gasteiger partial charge in [-0.05, 0) is 27.2 Å². The lowest BCUT2D eigenvalue weighted by molar-refractivity contribution is 0.290. The fraction of sp³-hybridized carbons (Fsp3) is 1.00. The van der Waals surface area contributed by atoms with Gasteiger partial charge in [-0.25, -0.2) is 5.43 Å². The lowest BCUT2D eigenvalue weighted by Gasteiger charge is -2.17. The van der Waals surface area contributed by atoms with E-state index < -0.39 is 0 Å². The maximum absolute atomic E-state index is 4.26. The first-order valence-corrected chi connectivity index (χ1v) is 5.47. The van der Waals surface area contributed by atoms with Gasteiger partial charge in [0.1, 0.15) is 0 Å². The summed E-state index contributed by atoms with van der Waals surface area (Å²) in [6.07, 6.45) is 0. The standard InChI is InChI=1S/C10H25N4/c1-5-14(6-2)10-8-12-11-7-9-13(3)4/h11H,5-10H2,1-4H3. The largest absolute Gasteiger partial charge is 0.308 e. The number of nitrogens with zero attached hydrogens (tertiary/aromatic N) is 3. The lowest BCUT2D eigenvalue weighted by Crippen LogP contribution is -2.37. The van der Waals surface area contributed by atoms with Crippen molar-refractivity contribution in [3.8, 4) is 0 Å². The molecule has 0 spiro atoms. The molecular weight excluding hydrogens is 176 g/mol. The highest BCUT2D eigenvalue weighted by molar-refractivity contribution is 4.53. The van der Waals surface area contributed by atoms with Crippen LogP contribution in [0.4, 0.5) is 0 Å². The predicted molar refractivity (Wildman–Crippen MR) is 61.3 cm³/mol. The maximum atomic E-state index is 4.26. The Morgan fingerprint density at radius 1 is 1.07 bits per heavy atom. The minimum atomic E-state index is 0.884. The normalized spacial score (nSPS) is 11.6. The zero-order valence-corrected chi connectivity index (χ0v) is 10.1. The monoisotopic (exact) mass is 201 g/mol. The van der Waals surface area contributed by atoms with Crippen molar-refractivity contribution in [3.05, 3.63) is 0 Å². The third-order valence-corrected chi connectivity index (χ3v) is 2.21. The van der Waals surface area contributed by atoms with Crippen molar-refractivity contribution >= 4 is 0 Å². The molecule has 0 unspecified atom stereocenters. The van der Waals surface area contributed by atoms with Crippen LogP contribution in [-0.2, 0) is 0 Å². The van der Waals surface area contributed by atoms with Gasteiger partial charge in [-0.2, -0.15) is 5.43 Å². The highest BCUT2D eigenvalue weighted by Gasteiger charge is 1.97. The molecular formula is C10H25N4. The van der Waals surface area contributed by atoms with Crippen LogP contribution >= 0.6 is 0 Å². The van der Waals surface area contributed by atoms with Gasteiger partial charge in [0.05, 0.1) is 0 Å². The second-order valence-electron chi connectivity index (χ2n) is 3.62. The van der Waals surface area contributed by atoms with Gasteiger partial charge < -0.3 is 9.80 Å². The molecule has 0 saturated carbocycles. The first kappa shape index (κ1) is 13.8. The van der Waals surface area contributed by atoms with Gasteiger partial charge in [-0.1, -0.05) is 13.8 Å². The molecule has 85 valence electrons. The number of likely N-dealkylation sites (N-methyl/N-ethyl adjacent to an activating group) is 2. The lowest BCUT2D eigenvalue weighted by atomic mass is 10.5. The number of rotatable bonds is 9. The molecule has 0 heterocycles. The van der Waals surface area contributed by atoms with Crippen molar-refractivity contribution in [3.63, 3.8) is 0 Å². The zero-order valence-electron chi connectivity index (χ0n) is 10.1. The van der Waals surface area contributed by atoms with Crippen LogP contribution in [0.1, 0.15) is 13.8 Å². The van der Waals surface area contributed by atoms with E-state index in [9.17, 15) is 0 Å². The van der Waals surface area contributed by atoms with Crippen LogP contribution in [0.2, 0.25) is 0 Å². The SMILES string of the molecule is CCN(CC)CC[N]NCCN(C)C. The Labute approximate surface area is 88.6 Å². The van der Waals surface area contributed by atoms with E-state index in [1.54, 1.807) is 0 Å². The molecule has 0 bridgehead atoms. The average molecular weight is 201 g/mol. The summed E-state index contributed by atoms with van der Waals surface area (Å²) in [5.41, 5.74) is 7.34. The Balaban J connectivity index is 3.12. The second-order valence-corrected chi connectivity index (χ2v) is 3.62. The van der Waals surface area contributed by atoms with Crippen LogP contribution in [0.3, 0.4) is 0 Å². The molecule has 4 heteroatoms. The summed E-state index contributed by atoms with van der Waals surface area (Å²) in [6, 6.07) is 0. The zero-order chi connectivity index (χ0) is 10.8. The average Bonchev–Trinajstić information content (AvgIpc) is 2.16. The van der Waals surface area contributed by atoms with Crippen molar-refractivity contribution in [2.45, 2.75) is 13.8 Å². The van der Waals surface area contributed by atoms with E-state index in [2.05, 4.69) is 48.6 Å². The highest BCUT2D eigenvalue weighted by atomic mass is 15.4. The molecule has 0 fully saturated rings. The fourth-order valence-electron chi connectivity index (χ4n) is 1.16. The minimum Gasteiger partial charge on any atom is -0.308 e. The van der Waals surface area contributed by atoms with Gasteiger partial charge in [0.2, 0.25) is 0 Å². The Hall–Kier alpha value is -0.160. The molecule has 14 heavy (non-hydrogen) atoms. The van der Waals surface area contributed by atoms with E-state index in [0.29, 0.717) is 0 Å². The predicted octanol–water partition coefficient (Wildman–Crippen LogP) is -0.00120. The van der Waals surface area contributed by atoms with Crippen LogP contribution in [0.25, 0.3) is 0 Å². The van der Waals surface area contributed by atoms with Gasteiger partial charge in [0.25, 0.3) is 0 Å². The van der Waals surface area contributed by atoms with E-state index in [0.717, 1.165) is 39.3 Å². The maximum Gasteiger partial charge on any atom is 0.0431 e. The van der Waals surface area contributed by atoms with E-state index in [-0.39, 0.29) is 0 Å². The third kappa shape index (κ3) is 8.44. The topological polar surface area (TPSA) is 32.6 Å². The summed E-state index contributed by atoms with van der Waals surface area (Å²) >= 11 is 0. The molecule has 0 saturated heterocycles. The molecule has 0 aliphatic carbocycles. The smallest absolute Gasteiger partial charge is 0.0431 e. The van der Waals surface area contributed by atoms with Crippen LogP contribution in [0.15, 0.2) is 0 Å². The molecule has 0 amide bonds. The Kier molecular flexibility index (Phi) is 9.29. The van der Waals surface area contributed by atoms with Crippen molar-refractivity contribution < 1.29 is 0 Å². The molecule has 0 aromatic carbocycles. The van der Waals surface area contributed by atoms with Crippen molar-refractivity contribution in [1.82, 2.24) is 20.7 Å². The van der Waals surface area contributed by atoms with Crippen molar-refractivity contribution in [1.29, 1.82) is 0 Å². The molecule has 0 aliphatic rings. The summed E-state index contributed by atoms with van der Waals surface area (Å²) in [5, 5.41) is 0. The second kappa shape index (κ2) is 9.40. The van der Waals surface area contributed by atoms with Gasteiger partial charge in [0.15, 0.2) is 0 Å². The fourth-order valence-corrected chi connectivity index (χ4v) is 1.16. The van der Waals surface area contributed by atoms with Gasteiger partial charge in [-0.3, -0.25) is 0 Å². The van der Waals surface area contributed by atoms with Crippen LogP contribution in [0.5, 0.6) is 0 Å². The molecule has 0 aromatic heterocycles. The Morgan fingerprint density at radius 2 is 1.71 bits per heavy atom. The van der Waals surface area contributed by atoms with Crippen molar-refractivity contribution in [2.75, 3.05) is 53.4 Å². The van der Waals surface area contributed by atoms with Crippen LogP contribution in [-0.4, -0.2) is 63.2 Å². The number of nitrogens with one attached hydrogen (secondary N) is 1. The summed E-state index contributed by atoms with van der Waals surface area (Å²) in [4.78, 5) is 4.52. The van der Waals surface area contributed by atoms with Crippen LogP contribution < -0.4 is 10.9 Å². The summed E-state index contributed by atoms with van der Waals surface area (Å²) in [6.45, 7) is 10.5. The van der Waals surface area contributed by atoms with E-state index >= 15 is 0 Å². The van der Waals surface area contributed by atoms with E-state index in [4.69, 9.17) is 0 Å². The molecule has 0 aliphatic heterocycles. The van der Waals surface area contributed by atoms with Gasteiger partial charge in [-0.15, -0.1) is 0 Å².